The van der Waals surface area contributed by atoms with Crippen molar-refractivity contribution in [2.75, 3.05) is 37.7 Å². The molecule has 1 atom stereocenters. The SMILES string of the molecule is Cc1ccc2c(c1)S(=O)(=O)N(C)c1ccccc1C2NCCOCCO. The zero-order chi connectivity index (χ0) is 18.7. The molecule has 0 aromatic heterocycles. The van der Waals surface area contributed by atoms with E-state index in [1.807, 2.05) is 43.3 Å². The number of aliphatic hydroxyl groups excluding tert-OH is 1. The molecule has 1 aliphatic heterocycles. The third-order valence-corrected chi connectivity index (χ3v) is 6.36. The van der Waals surface area contributed by atoms with Gasteiger partial charge < -0.3 is 15.2 Å². The van der Waals surface area contributed by atoms with Crippen molar-refractivity contribution < 1.29 is 18.3 Å². The van der Waals surface area contributed by atoms with E-state index in [0.29, 0.717) is 23.7 Å². The molecule has 0 bridgehead atoms. The molecule has 0 aliphatic carbocycles. The van der Waals surface area contributed by atoms with Crippen LogP contribution in [0.1, 0.15) is 22.7 Å². The van der Waals surface area contributed by atoms with Gasteiger partial charge in [0.15, 0.2) is 0 Å². The van der Waals surface area contributed by atoms with E-state index in [0.717, 1.165) is 16.7 Å². The molecule has 1 aliphatic rings. The van der Waals surface area contributed by atoms with Crippen molar-refractivity contribution in [3.63, 3.8) is 0 Å². The van der Waals surface area contributed by atoms with Gasteiger partial charge in [0.2, 0.25) is 0 Å². The van der Waals surface area contributed by atoms with Crippen LogP contribution in [-0.2, 0) is 14.8 Å². The molecule has 0 saturated carbocycles. The summed E-state index contributed by atoms with van der Waals surface area (Å²) in [6.07, 6.45) is 0. The summed E-state index contributed by atoms with van der Waals surface area (Å²) in [7, 11) is -2.05. The number of nitrogens with zero attached hydrogens (tertiary/aromatic N) is 1. The summed E-state index contributed by atoms with van der Waals surface area (Å²) in [5, 5.41) is 12.2. The van der Waals surface area contributed by atoms with Crippen LogP contribution >= 0.6 is 0 Å². The zero-order valence-electron chi connectivity index (χ0n) is 15.0. The fourth-order valence-corrected chi connectivity index (χ4v) is 4.77. The van der Waals surface area contributed by atoms with E-state index >= 15 is 0 Å². The fourth-order valence-electron chi connectivity index (χ4n) is 3.23. The summed E-state index contributed by atoms with van der Waals surface area (Å²) in [5.41, 5.74) is 3.20. The van der Waals surface area contributed by atoms with E-state index in [1.165, 1.54) is 4.31 Å². The highest BCUT2D eigenvalue weighted by molar-refractivity contribution is 7.92. The van der Waals surface area contributed by atoms with Crippen LogP contribution in [-0.4, -0.2) is 46.9 Å². The van der Waals surface area contributed by atoms with Gasteiger partial charge in [0.25, 0.3) is 10.0 Å². The highest BCUT2D eigenvalue weighted by Gasteiger charge is 2.34. The molecule has 0 saturated heterocycles. The summed E-state index contributed by atoms with van der Waals surface area (Å²) in [4.78, 5) is 0.324. The average molecular weight is 376 g/mol. The summed E-state index contributed by atoms with van der Waals surface area (Å²) in [5.74, 6) is 0. The van der Waals surface area contributed by atoms with E-state index in [-0.39, 0.29) is 19.3 Å². The van der Waals surface area contributed by atoms with E-state index in [2.05, 4.69) is 5.32 Å². The monoisotopic (exact) mass is 376 g/mol. The van der Waals surface area contributed by atoms with Crippen molar-refractivity contribution in [1.82, 2.24) is 5.32 Å². The third kappa shape index (κ3) is 3.48. The lowest BCUT2D eigenvalue weighted by Crippen LogP contribution is -2.27. The quantitative estimate of drug-likeness (QED) is 0.752. The second-order valence-electron chi connectivity index (χ2n) is 6.30. The number of nitrogens with one attached hydrogen (secondary N) is 1. The molecule has 2 aromatic rings. The molecule has 0 spiro atoms. The molecule has 7 heteroatoms. The molecular formula is C19H24N2O4S. The standard InChI is InChI=1S/C19H24N2O4S/c1-14-7-8-16-18(13-14)26(23,24)21(2)17-6-4-3-5-15(17)19(16)20-9-11-25-12-10-22/h3-8,13,19-20,22H,9-12H2,1-2H3. The van der Waals surface area contributed by atoms with Gasteiger partial charge in [-0.2, -0.15) is 0 Å². The van der Waals surface area contributed by atoms with Gasteiger partial charge in [-0.15, -0.1) is 0 Å². The molecular weight excluding hydrogens is 352 g/mol. The van der Waals surface area contributed by atoms with E-state index in [4.69, 9.17) is 9.84 Å². The first-order valence-corrected chi connectivity index (χ1v) is 10.0. The van der Waals surface area contributed by atoms with Crippen LogP contribution in [0.25, 0.3) is 0 Å². The molecule has 1 unspecified atom stereocenters. The van der Waals surface area contributed by atoms with Crippen LogP contribution in [0, 0.1) is 6.92 Å². The van der Waals surface area contributed by atoms with E-state index < -0.39 is 10.0 Å². The summed E-state index contributed by atoms with van der Waals surface area (Å²) >= 11 is 0. The number of ether oxygens (including phenoxy) is 1. The van der Waals surface area contributed by atoms with E-state index in [9.17, 15) is 8.42 Å². The second kappa shape index (κ2) is 7.75. The van der Waals surface area contributed by atoms with Crippen molar-refractivity contribution >= 4 is 15.7 Å². The molecule has 0 amide bonds. The molecule has 26 heavy (non-hydrogen) atoms. The number of benzene rings is 2. The predicted molar refractivity (Wildman–Crippen MR) is 101 cm³/mol. The lowest BCUT2D eigenvalue weighted by Gasteiger charge is -2.22. The van der Waals surface area contributed by atoms with E-state index in [1.54, 1.807) is 13.1 Å². The maximum atomic E-state index is 13.1. The third-order valence-electron chi connectivity index (χ3n) is 4.54. The Morgan fingerprint density at radius 1 is 1.15 bits per heavy atom. The van der Waals surface area contributed by atoms with Gasteiger partial charge in [-0.05, 0) is 35.7 Å². The molecule has 1 heterocycles. The summed E-state index contributed by atoms with van der Waals surface area (Å²) < 4.78 is 33.0. The van der Waals surface area contributed by atoms with Gasteiger partial charge in [0, 0.05) is 13.6 Å². The number of aliphatic hydroxyl groups is 1. The molecule has 6 nitrogen and oxygen atoms in total. The first-order valence-electron chi connectivity index (χ1n) is 8.57. The number of rotatable bonds is 6. The Morgan fingerprint density at radius 2 is 1.92 bits per heavy atom. The minimum absolute atomic E-state index is 0.0165. The number of anilines is 1. The second-order valence-corrected chi connectivity index (χ2v) is 8.23. The van der Waals surface area contributed by atoms with Crippen molar-refractivity contribution in [3.05, 3.63) is 59.2 Å². The number of hydrogen-bond donors (Lipinski definition) is 2. The normalized spacial score (nSPS) is 18.1. The van der Waals surface area contributed by atoms with Crippen LogP contribution in [0.5, 0.6) is 0 Å². The smallest absolute Gasteiger partial charge is 0.264 e. The van der Waals surface area contributed by atoms with Gasteiger partial charge in [-0.3, -0.25) is 4.31 Å². The molecule has 0 fully saturated rings. The Bertz CT molecular complexity index is 883. The Morgan fingerprint density at radius 3 is 2.69 bits per heavy atom. The maximum Gasteiger partial charge on any atom is 0.264 e. The molecule has 2 N–H and O–H groups in total. The Balaban J connectivity index is 2.07. The van der Waals surface area contributed by atoms with Crippen molar-refractivity contribution in [2.24, 2.45) is 0 Å². The van der Waals surface area contributed by atoms with Crippen molar-refractivity contribution in [2.45, 2.75) is 17.9 Å². The number of aryl methyl sites for hydroxylation is 1. The van der Waals surface area contributed by atoms with Crippen LogP contribution in [0.2, 0.25) is 0 Å². The number of para-hydroxylation sites is 1. The average Bonchev–Trinajstić information content (AvgIpc) is 2.70. The van der Waals surface area contributed by atoms with Crippen molar-refractivity contribution in [3.8, 4) is 0 Å². The van der Waals surface area contributed by atoms with Crippen LogP contribution in [0.3, 0.4) is 0 Å². The Labute approximate surface area is 154 Å². The minimum atomic E-state index is -3.64. The summed E-state index contributed by atoms with van der Waals surface area (Å²) in [6, 6.07) is 12.8. The van der Waals surface area contributed by atoms with Crippen LogP contribution in [0.15, 0.2) is 47.4 Å². The fraction of sp³-hybridized carbons (Fsp3) is 0.368. The molecule has 2 aromatic carbocycles. The maximum absolute atomic E-state index is 13.1. The van der Waals surface area contributed by atoms with Gasteiger partial charge in [0.1, 0.15) is 0 Å². The molecule has 140 valence electrons. The van der Waals surface area contributed by atoms with Gasteiger partial charge in [0.05, 0.1) is 36.4 Å². The topological polar surface area (TPSA) is 78.9 Å². The molecule has 0 radical (unpaired) electrons. The Hall–Kier alpha value is -1.93. The highest BCUT2D eigenvalue weighted by Crippen LogP contribution is 2.40. The van der Waals surface area contributed by atoms with Crippen molar-refractivity contribution in [1.29, 1.82) is 0 Å². The van der Waals surface area contributed by atoms with Gasteiger partial charge in [-0.1, -0.05) is 30.3 Å². The predicted octanol–water partition coefficient (Wildman–Crippen LogP) is 1.82. The largest absolute Gasteiger partial charge is 0.394 e. The number of sulfonamides is 1. The first-order chi connectivity index (χ1) is 12.5. The van der Waals surface area contributed by atoms with Gasteiger partial charge >= 0.3 is 0 Å². The van der Waals surface area contributed by atoms with Crippen LogP contribution in [0.4, 0.5) is 5.69 Å². The number of fused-ring (bicyclic) bond motifs is 2. The summed E-state index contributed by atoms with van der Waals surface area (Å²) in [6.45, 7) is 3.13. The minimum Gasteiger partial charge on any atom is -0.394 e. The van der Waals surface area contributed by atoms with Gasteiger partial charge in [-0.25, -0.2) is 8.42 Å². The highest BCUT2D eigenvalue weighted by atomic mass is 32.2. The first kappa shape index (κ1) is 18.8. The zero-order valence-corrected chi connectivity index (χ0v) is 15.8. The lowest BCUT2D eigenvalue weighted by molar-refractivity contribution is 0.0931. The lowest BCUT2D eigenvalue weighted by atomic mass is 9.96. The van der Waals surface area contributed by atoms with Crippen LogP contribution < -0.4 is 9.62 Å². The molecule has 3 rings (SSSR count). The Kier molecular flexibility index (Phi) is 5.62. The number of hydrogen-bond acceptors (Lipinski definition) is 5.